The molecule has 0 spiro atoms. The molecule has 0 unspecified atom stereocenters. The van der Waals surface area contributed by atoms with Gasteiger partial charge in [-0.05, 0) is 18.8 Å². The van der Waals surface area contributed by atoms with Crippen LogP contribution in [0.4, 0.5) is 0 Å². The van der Waals surface area contributed by atoms with E-state index in [0.29, 0.717) is 32.2 Å². The molecule has 0 aromatic carbocycles. The van der Waals surface area contributed by atoms with E-state index < -0.39 is 10.2 Å². The van der Waals surface area contributed by atoms with Crippen LogP contribution >= 0.6 is 0 Å². The molecule has 102 valence electrons. The molecule has 0 aliphatic heterocycles. The highest BCUT2D eigenvalue weighted by Gasteiger charge is 2.27. The third-order valence-corrected chi connectivity index (χ3v) is 4.23. The zero-order chi connectivity index (χ0) is 12.7. The van der Waals surface area contributed by atoms with Crippen molar-refractivity contribution in [1.82, 2.24) is 14.3 Å². The average molecular weight is 265 g/mol. The summed E-state index contributed by atoms with van der Waals surface area (Å²) in [4.78, 5) is 0. The van der Waals surface area contributed by atoms with Crippen molar-refractivity contribution in [3.63, 3.8) is 0 Å². The summed E-state index contributed by atoms with van der Waals surface area (Å²) in [5.41, 5.74) is 0. The third-order valence-electron chi connectivity index (χ3n) is 2.69. The maximum atomic E-state index is 11.7. The molecule has 0 aromatic heterocycles. The maximum Gasteiger partial charge on any atom is 0.279 e. The van der Waals surface area contributed by atoms with Gasteiger partial charge in [-0.15, -0.1) is 0 Å². The Labute approximate surface area is 104 Å². The van der Waals surface area contributed by atoms with Gasteiger partial charge in [0.2, 0.25) is 0 Å². The maximum absolute atomic E-state index is 11.7. The molecule has 0 heterocycles. The Morgan fingerprint density at radius 1 is 1.29 bits per heavy atom. The average Bonchev–Trinajstić information content (AvgIpc) is 3.07. The van der Waals surface area contributed by atoms with Crippen LogP contribution in [0, 0.1) is 5.92 Å². The Balaban J connectivity index is 2.10. The van der Waals surface area contributed by atoms with Gasteiger partial charge in [-0.25, -0.2) is 4.72 Å². The minimum atomic E-state index is -3.30. The highest BCUT2D eigenvalue weighted by Crippen LogP contribution is 2.29. The zero-order valence-corrected chi connectivity index (χ0v) is 11.4. The Hall–Kier alpha value is -0.210. The van der Waals surface area contributed by atoms with E-state index >= 15 is 0 Å². The van der Waals surface area contributed by atoms with Gasteiger partial charge in [0.1, 0.15) is 0 Å². The van der Waals surface area contributed by atoms with E-state index in [2.05, 4.69) is 10.0 Å². The summed E-state index contributed by atoms with van der Waals surface area (Å²) in [6, 6.07) is 0. The molecule has 0 atom stereocenters. The molecular weight excluding hydrogens is 242 g/mol. The molecule has 0 radical (unpaired) electrons. The molecular formula is C10H23N3O3S. The predicted molar refractivity (Wildman–Crippen MR) is 67.0 cm³/mol. The summed E-state index contributed by atoms with van der Waals surface area (Å²) in [5.74, 6) is 0.566. The van der Waals surface area contributed by atoms with Gasteiger partial charge in [0.05, 0.1) is 6.61 Å². The van der Waals surface area contributed by atoms with Gasteiger partial charge in [-0.1, -0.05) is 0 Å². The van der Waals surface area contributed by atoms with Gasteiger partial charge in [0.15, 0.2) is 0 Å². The van der Waals surface area contributed by atoms with Crippen molar-refractivity contribution in [2.75, 3.05) is 46.9 Å². The Morgan fingerprint density at radius 2 is 2.00 bits per heavy atom. The number of hydrogen-bond acceptors (Lipinski definition) is 4. The van der Waals surface area contributed by atoms with E-state index in [0.717, 1.165) is 19.4 Å². The standard InChI is InChI=1S/C10H23N3O3S/c1-13(9-10-3-4-10)17(14,15)12-6-5-11-7-8-16-2/h10-12H,3-9H2,1-2H3. The first-order valence-electron chi connectivity index (χ1n) is 5.97. The van der Waals surface area contributed by atoms with Gasteiger partial charge < -0.3 is 10.1 Å². The topological polar surface area (TPSA) is 70.7 Å². The van der Waals surface area contributed by atoms with E-state index in [1.807, 2.05) is 0 Å². The first kappa shape index (κ1) is 14.8. The summed E-state index contributed by atoms with van der Waals surface area (Å²) in [6.07, 6.45) is 2.30. The number of methoxy groups -OCH3 is 1. The monoisotopic (exact) mass is 265 g/mol. The van der Waals surface area contributed by atoms with E-state index in [4.69, 9.17) is 4.74 Å². The second-order valence-corrected chi connectivity index (χ2v) is 6.23. The lowest BCUT2D eigenvalue weighted by Crippen LogP contribution is -2.42. The lowest BCUT2D eigenvalue weighted by molar-refractivity contribution is 0.199. The fraction of sp³-hybridized carbons (Fsp3) is 1.00. The van der Waals surface area contributed by atoms with E-state index in [1.54, 1.807) is 14.2 Å². The molecule has 1 saturated carbocycles. The molecule has 0 aromatic rings. The molecule has 0 saturated heterocycles. The van der Waals surface area contributed by atoms with Crippen molar-refractivity contribution >= 4 is 10.2 Å². The lowest BCUT2D eigenvalue weighted by Gasteiger charge is -2.17. The molecule has 17 heavy (non-hydrogen) atoms. The van der Waals surface area contributed by atoms with Crippen LogP contribution in [0.25, 0.3) is 0 Å². The van der Waals surface area contributed by atoms with Gasteiger partial charge in [-0.2, -0.15) is 12.7 Å². The number of rotatable bonds is 10. The summed E-state index contributed by atoms with van der Waals surface area (Å²) in [7, 11) is -0.0359. The normalized spacial score (nSPS) is 16.6. The summed E-state index contributed by atoms with van der Waals surface area (Å²) >= 11 is 0. The van der Waals surface area contributed by atoms with E-state index in [-0.39, 0.29) is 0 Å². The Bertz CT molecular complexity index is 304. The van der Waals surface area contributed by atoms with E-state index in [9.17, 15) is 8.42 Å². The van der Waals surface area contributed by atoms with Gasteiger partial charge in [-0.3, -0.25) is 0 Å². The first-order valence-corrected chi connectivity index (χ1v) is 7.41. The third kappa shape index (κ3) is 6.32. The van der Waals surface area contributed by atoms with Crippen LogP contribution in [-0.4, -0.2) is 59.7 Å². The van der Waals surface area contributed by atoms with Crippen LogP contribution in [-0.2, 0) is 14.9 Å². The molecule has 1 aliphatic carbocycles. The second-order valence-electron chi connectivity index (χ2n) is 4.37. The zero-order valence-electron chi connectivity index (χ0n) is 10.6. The fourth-order valence-corrected chi connectivity index (χ4v) is 2.43. The van der Waals surface area contributed by atoms with Crippen LogP contribution in [0.2, 0.25) is 0 Å². The van der Waals surface area contributed by atoms with E-state index in [1.165, 1.54) is 4.31 Å². The molecule has 0 amide bonds. The van der Waals surface area contributed by atoms with Crippen LogP contribution in [0.5, 0.6) is 0 Å². The smallest absolute Gasteiger partial charge is 0.279 e. The molecule has 7 heteroatoms. The molecule has 1 rings (SSSR count). The van der Waals surface area contributed by atoms with Crippen LogP contribution < -0.4 is 10.0 Å². The van der Waals surface area contributed by atoms with Crippen molar-refractivity contribution in [1.29, 1.82) is 0 Å². The number of hydrogen-bond donors (Lipinski definition) is 2. The van der Waals surface area contributed by atoms with Gasteiger partial charge in [0, 0.05) is 40.3 Å². The minimum absolute atomic E-state index is 0.404. The Morgan fingerprint density at radius 3 is 2.59 bits per heavy atom. The van der Waals surface area contributed by atoms with Crippen molar-refractivity contribution in [2.24, 2.45) is 5.92 Å². The lowest BCUT2D eigenvalue weighted by atomic mass is 10.4. The van der Waals surface area contributed by atoms with Gasteiger partial charge in [0.25, 0.3) is 10.2 Å². The largest absolute Gasteiger partial charge is 0.383 e. The Kier molecular flexibility index (Phi) is 6.35. The highest BCUT2D eigenvalue weighted by molar-refractivity contribution is 7.87. The van der Waals surface area contributed by atoms with Crippen molar-refractivity contribution < 1.29 is 13.2 Å². The number of nitrogens with zero attached hydrogens (tertiary/aromatic N) is 1. The van der Waals surface area contributed by atoms with Crippen LogP contribution in [0.15, 0.2) is 0 Å². The van der Waals surface area contributed by atoms with Crippen LogP contribution in [0.1, 0.15) is 12.8 Å². The molecule has 6 nitrogen and oxygen atoms in total. The summed E-state index contributed by atoms with van der Waals surface area (Å²) in [6.45, 7) is 3.01. The molecule has 2 N–H and O–H groups in total. The number of nitrogens with one attached hydrogen (secondary N) is 2. The predicted octanol–water partition coefficient (Wildman–Crippen LogP) is -0.601. The highest BCUT2D eigenvalue weighted by atomic mass is 32.2. The summed E-state index contributed by atoms with van der Waals surface area (Å²) < 4.78 is 32.3. The van der Waals surface area contributed by atoms with Crippen LogP contribution in [0.3, 0.4) is 0 Å². The SMILES string of the molecule is COCCNCCNS(=O)(=O)N(C)CC1CC1. The number of ether oxygens (including phenoxy) is 1. The molecule has 1 fully saturated rings. The second kappa shape index (κ2) is 7.27. The van der Waals surface area contributed by atoms with Crippen molar-refractivity contribution in [3.8, 4) is 0 Å². The van der Waals surface area contributed by atoms with Gasteiger partial charge >= 0.3 is 0 Å². The van der Waals surface area contributed by atoms with Crippen molar-refractivity contribution in [2.45, 2.75) is 12.8 Å². The fourth-order valence-electron chi connectivity index (χ4n) is 1.44. The molecule has 1 aliphatic rings. The first-order chi connectivity index (χ1) is 8.06. The quantitative estimate of drug-likeness (QED) is 0.517. The van der Waals surface area contributed by atoms with Crippen molar-refractivity contribution in [3.05, 3.63) is 0 Å². The summed E-state index contributed by atoms with van der Waals surface area (Å²) in [5, 5.41) is 3.08. The minimum Gasteiger partial charge on any atom is -0.383 e. The molecule has 0 bridgehead atoms.